The first-order valence-corrected chi connectivity index (χ1v) is 8.19. The fourth-order valence-electron chi connectivity index (χ4n) is 3.10. The molecule has 0 fully saturated rings. The SMILES string of the molecule is NNc1nc(N)cc(Cc2cnn(-c3cccc4ccccc34)c2)c1N. The molecule has 2 heterocycles. The summed E-state index contributed by atoms with van der Waals surface area (Å²) in [6.45, 7) is 0. The second kappa shape index (κ2) is 6.38. The molecule has 0 aliphatic rings. The number of pyridine rings is 1. The Bertz CT molecular complexity index is 1080. The van der Waals surface area contributed by atoms with Gasteiger partial charge < -0.3 is 16.9 Å². The first-order valence-electron chi connectivity index (χ1n) is 8.19. The maximum atomic E-state index is 6.12. The molecule has 0 aliphatic heterocycles. The lowest BCUT2D eigenvalue weighted by molar-refractivity contribution is 0.887. The van der Waals surface area contributed by atoms with Gasteiger partial charge >= 0.3 is 0 Å². The Balaban J connectivity index is 1.70. The molecule has 26 heavy (non-hydrogen) atoms. The van der Waals surface area contributed by atoms with E-state index in [0.29, 0.717) is 23.7 Å². The molecule has 0 amide bonds. The van der Waals surface area contributed by atoms with Crippen LogP contribution in [0.5, 0.6) is 0 Å². The van der Waals surface area contributed by atoms with Crippen LogP contribution in [0.4, 0.5) is 17.3 Å². The monoisotopic (exact) mass is 345 g/mol. The molecule has 0 saturated heterocycles. The van der Waals surface area contributed by atoms with Crippen molar-refractivity contribution in [2.24, 2.45) is 5.84 Å². The molecule has 0 saturated carbocycles. The highest BCUT2D eigenvalue weighted by molar-refractivity contribution is 5.90. The van der Waals surface area contributed by atoms with Gasteiger partial charge in [0.1, 0.15) is 5.82 Å². The molecule has 0 bridgehead atoms. The highest BCUT2D eigenvalue weighted by atomic mass is 15.3. The van der Waals surface area contributed by atoms with Crippen molar-refractivity contribution in [2.45, 2.75) is 6.42 Å². The largest absolute Gasteiger partial charge is 0.395 e. The number of anilines is 3. The van der Waals surface area contributed by atoms with Crippen molar-refractivity contribution in [3.63, 3.8) is 0 Å². The Hall–Kier alpha value is -3.58. The molecule has 0 atom stereocenters. The second-order valence-corrected chi connectivity index (χ2v) is 6.08. The average molecular weight is 345 g/mol. The van der Waals surface area contributed by atoms with Crippen molar-refractivity contribution in [3.8, 4) is 5.69 Å². The number of hydrogen-bond donors (Lipinski definition) is 4. The predicted octanol–water partition coefficient (Wildman–Crippen LogP) is 2.46. The fourth-order valence-corrected chi connectivity index (χ4v) is 3.10. The highest BCUT2D eigenvalue weighted by Crippen LogP contribution is 2.26. The fraction of sp³-hybridized carbons (Fsp3) is 0.0526. The number of nitrogens with zero attached hydrogens (tertiary/aromatic N) is 3. The predicted molar refractivity (Wildman–Crippen MR) is 105 cm³/mol. The molecule has 7 heteroatoms. The number of hydrogen-bond acceptors (Lipinski definition) is 6. The summed E-state index contributed by atoms with van der Waals surface area (Å²) in [5.74, 6) is 6.19. The maximum absolute atomic E-state index is 6.12. The third-order valence-corrected chi connectivity index (χ3v) is 4.34. The number of benzene rings is 2. The van der Waals surface area contributed by atoms with Gasteiger partial charge in [0.2, 0.25) is 0 Å². The molecule has 0 unspecified atom stereocenters. The zero-order valence-electron chi connectivity index (χ0n) is 14.1. The molecule has 4 rings (SSSR count). The first-order chi connectivity index (χ1) is 12.7. The molecule has 130 valence electrons. The third kappa shape index (κ3) is 2.80. The van der Waals surface area contributed by atoms with E-state index in [4.69, 9.17) is 17.3 Å². The van der Waals surface area contributed by atoms with E-state index in [-0.39, 0.29) is 0 Å². The van der Waals surface area contributed by atoms with Crippen LogP contribution < -0.4 is 22.7 Å². The van der Waals surface area contributed by atoms with Crippen LogP contribution in [0.15, 0.2) is 60.9 Å². The van der Waals surface area contributed by atoms with Crippen LogP contribution in [0.1, 0.15) is 11.1 Å². The first kappa shape index (κ1) is 15.9. The molecule has 7 N–H and O–H groups in total. The Morgan fingerprint density at radius 3 is 2.69 bits per heavy atom. The van der Waals surface area contributed by atoms with Crippen LogP contribution in [0.2, 0.25) is 0 Å². The number of aromatic nitrogens is 3. The van der Waals surface area contributed by atoms with Crippen molar-refractivity contribution in [1.82, 2.24) is 14.8 Å². The molecule has 0 radical (unpaired) electrons. The van der Waals surface area contributed by atoms with Crippen molar-refractivity contribution in [2.75, 3.05) is 16.9 Å². The average Bonchev–Trinajstić information content (AvgIpc) is 3.12. The zero-order valence-corrected chi connectivity index (χ0v) is 14.1. The summed E-state index contributed by atoms with van der Waals surface area (Å²) in [6.07, 6.45) is 4.40. The van der Waals surface area contributed by atoms with Gasteiger partial charge in [-0.15, -0.1) is 0 Å². The van der Waals surface area contributed by atoms with Gasteiger partial charge in [-0.1, -0.05) is 36.4 Å². The van der Waals surface area contributed by atoms with Crippen LogP contribution in [-0.4, -0.2) is 14.8 Å². The van der Waals surface area contributed by atoms with Crippen molar-refractivity contribution < 1.29 is 0 Å². The Labute approximate surface area is 150 Å². The van der Waals surface area contributed by atoms with Crippen LogP contribution in [0, 0.1) is 0 Å². The van der Waals surface area contributed by atoms with E-state index in [9.17, 15) is 0 Å². The quantitative estimate of drug-likeness (QED) is 0.333. The minimum absolute atomic E-state index is 0.364. The summed E-state index contributed by atoms with van der Waals surface area (Å²) in [4.78, 5) is 4.08. The normalized spacial score (nSPS) is 11.0. The van der Waals surface area contributed by atoms with E-state index in [1.54, 1.807) is 6.07 Å². The van der Waals surface area contributed by atoms with Crippen molar-refractivity contribution in [3.05, 3.63) is 72.1 Å². The van der Waals surface area contributed by atoms with Crippen molar-refractivity contribution >= 4 is 28.1 Å². The standard InChI is InChI=1S/C19H19N7/c20-17-9-14(18(21)19(24-17)25-22)8-12-10-23-26(11-12)16-7-3-5-13-4-1-2-6-15(13)16/h1-7,9-11H,8,21-22H2,(H3,20,24,25). The molecule has 7 nitrogen and oxygen atoms in total. The van der Waals surface area contributed by atoms with Gasteiger partial charge in [-0.25, -0.2) is 15.5 Å². The third-order valence-electron chi connectivity index (χ3n) is 4.34. The number of rotatable bonds is 4. The lowest BCUT2D eigenvalue weighted by Gasteiger charge is -2.10. The van der Waals surface area contributed by atoms with E-state index in [0.717, 1.165) is 22.2 Å². The van der Waals surface area contributed by atoms with E-state index in [1.165, 1.54) is 5.39 Å². The van der Waals surface area contributed by atoms with Gasteiger partial charge in [0.05, 0.1) is 17.6 Å². The highest BCUT2D eigenvalue weighted by Gasteiger charge is 2.11. The van der Waals surface area contributed by atoms with E-state index >= 15 is 0 Å². The summed E-state index contributed by atoms with van der Waals surface area (Å²) >= 11 is 0. The lowest BCUT2D eigenvalue weighted by Crippen LogP contribution is -2.13. The molecule has 2 aromatic carbocycles. The molecular formula is C19H19N7. The van der Waals surface area contributed by atoms with Gasteiger partial charge in [0.25, 0.3) is 0 Å². The van der Waals surface area contributed by atoms with Gasteiger partial charge in [-0.2, -0.15) is 5.10 Å². The number of fused-ring (bicyclic) bond motifs is 1. The Morgan fingerprint density at radius 1 is 1.04 bits per heavy atom. The van der Waals surface area contributed by atoms with Crippen LogP contribution in [0.25, 0.3) is 16.5 Å². The van der Waals surface area contributed by atoms with E-state index < -0.39 is 0 Å². The minimum Gasteiger partial charge on any atom is -0.395 e. The van der Waals surface area contributed by atoms with Crippen LogP contribution in [0.3, 0.4) is 0 Å². The minimum atomic E-state index is 0.364. The topological polar surface area (TPSA) is 121 Å². The zero-order chi connectivity index (χ0) is 18.1. The maximum Gasteiger partial charge on any atom is 0.165 e. The van der Waals surface area contributed by atoms with E-state index in [2.05, 4.69) is 33.7 Å². The molecule has 0 spiro atoms. The van der Waals surface area contributed by atoms with Crippen LogP contribution >= 0.6 is 0 Å². The summed E-state index contributed by atoms with van der Waals surface area (Å²) in [6, 6.07) is 16.2. The second-order valence-electron chi connectivity index (χ2n) is 6.08. The molecule has 2 aromatic heterocycles. The van der Waals surface area contributed by atoms with Gasteiger partial charge in [-0.05, 0) is 28.6 Å². The summed E-state index contributed by atoms with van der Waals surface area (Å²) in [5, 5.41) is 6.83. The number of nitrogens with one attached hydrogen (secondary N) is 1. The van der Waals surface area contributed by atoms with Gasteiger partial charge in [-0.3, -0.25) is 0 Å². The molecule has 4 aromatic rings. The molecular weight excluding hydrogens is 326 g/mol. The summed E-state index contributed by atoms with van der Waals surface area (Å²) < 4.78 is 1.88. The summed E-state index contributed by atoms with van der Waals surface area (Å²) in [7, 11) is 0. The number of nitrogen functional groups attached to an aromatic ring is 3. The van der Waals surface area contributed by atoms with Crippen LogP contribution in [-0.2, 0) is 6.42 Å². The Kier molecular flexibility index (Phi) is 3.91. The number of hydrazine groups is 1. The van der Waals surface area contributed by atoms with Gasteiger partial charge in [0.15, 0.2) is 5.82 Å². The van der Waals surface area contributed by atoms with Crippen molar-refractivity contribution in [1.29, 1.82) is 0 Å². The Morgan fingerprint density at radius 2 is 1.85 bits per heavy atom. The van der Waals surface area contributed by atoms with E-state index in [1.807, 2.05) is 41.3 Å². The smallest absolute Gasteiger partial charge is 0.165 e. The van der Waals surface area contributed by atoms with Gasteiger partial charge in [0, 0.05) is 18.0 Å². The summed E-state index contributed by atoms with van der Waals surface area (Å²) in [5.41, 5.74) is 17.8. The number of nitrogens with two attached hydrogens (primary N) is 3. The molecule has 0 aliphatic carbocycles. The lowest BCUT2D eigenvalue weighted by atomic mass is 10.1.